The van der Waals surface area contributed by atoms with Crippen LogP contribution in [0.5, 0.6) is 0 Å². The number of anilines is 1. The third-order valence-electron chi connectivity index (χ3n) is 5.74. The van der Waals surface area contributed by atoms with Gasteiger partial charge in [-0.25, -0.2) is 0 Å². The Balaban J connectivity index is 1.48. The molecule has 1 aliphatic heterocycles. The van der Waals surface area contributed by atoms with Crippen LogP contribution in [0.15, 0.2) is 24.3 Å². The lowest BCUT2D eigenvalue weighted by atomic mass is 9.80. The summed E-state index contributed by atoms with van der Waals surface area (Å²) in [6, 6.07) is 7.90. The van der Waals surface area contributed by atoms with Gasteiger partial charge in [0.1, 0.15) is 0 Å². The summed E-state index contributed by atoms with van der Waals surface area (Å²) < 4.78 is 0. The first-order valence-electron chi connectivity index (χ1n) is 9.69. The van der Waals surface area contributed by atoms with Gasteiger partial charge in [-0.1, -0.05) is 24.6 Å². The fourth-order valence-corrected chi connectivity index (χ4v) is 4.13. The SMILES string of the molecule is Cc1ccc(NC(=O)C2CCC(C(=O)N3CCCC(C)C3)CC2)cc1. The number of hydrogen-bond acceptors (Lipinski definition) is 2. The maximum atomic E-state index is 12.7. The Bertz CT molecular complexity index is 603. The number of rotatable bonds is 3. The molecular formula is C21H30N2O2. The number of carbonyl (C=O) groups is 2. The molecule has 0 spiro atoms. The van der Waals surface area contributed by atoms with Gasteiger partial charge < -0.3 is 10.2 Å². The number of amides is 2. The first-order chi connectivity index (χ1) is 12.0. The highest BCUT2D eigenvalue weighted by Crippen LogP contribution is 2.32. The van der Waals surface area contributed by atoms with E-state index in [2.05, 4.69) is 17.1 Å². The van der Waals surface area contributed by atoms with Gasteiger partial charge in [-0.05, 0) is 63.5 Å². The van der Waals surface area contributed by atoms with Gasteiger partial charge in [0.05, 0.1) is 0 Å². The van der Waals surface area contributed by atoms with Gasteiger partial charge in [0.25, 0.3) is 0 Å². The Morgan fingerprint density at radius 3 is 2.28 bits per heavy atom. The van der Waals surface area contributed by atoms with E-state index in [4.69, 9.17) is 0 Å². The van der Waals surface area contributed by atoms with E-state index in [1.54, 1.807) is 0 Å². The molecule has 0 aromatic heterocycles. The Kier molecular flexibility index (Phi) is 5.77. The topological polar surface area (TPSA) is 49.4 Å². The standard InChI is InChI=1S/C21H30N2O2/c1-15-5-11-19(12-6-15)22-20(24)17-7-9-18(10-8-17)21(25)23-13-3-4-16(2)14-23/h5-6,11-12,16-18H,3-4,7-10,13-14H2,1-2H3,(H,22,24). The zero-order valence-corrected chi connectivity index (χ0v) is 15.5. The molecule has 4 heteroatoms. The van der Waals surface area contributed by atoms with Crippen LogP contribution in [0.2, 0.25) is 0 Å². The van der Waals surface area contributed by atoms with E-state index < -0.39 is 0 Å². The molecule has 1 aromatic carbocycles. The van der Waals surface area contributed by atoms with Crippen LogP contribution < -0.4 is 5.32 Å². The highest BCUT2D eigenvalue weighted by atomic mass is 16.2. The summed E-state index contributed by atoms with van der Waals surface area (Å²) in [5, 5.41) is 3.02. The van der Waals surface area contributed by atoms with E-state index >= 15 is 0 Å². The molecular weight excluding hydrogens is 312 g/mol. The number of hydrogen-bond donors (Lipinski definition) is 1. The van der Waals surface area contributed by atoms with Gasteiger partial charge in [-0.15, -0.1) is 0 Å². The molecule has 1 saturated carbocycles. The average Bonchev–Trinajstić information content (AvgIpc) is 2.63. The Hall–Kier alpha value is -1.84. The van der Waals surface area contributed by atoms with Crippen LogP contribution in [-0.2, 0) is 9.59 Å². The van der Waals surface area contributed by atoms with Crippen molar-refractivity contribution in [1.29, 1.82) is 0 Å². The Labute approximate surface area is 151 Å². The predicted molar refractivity (Wildman–Crippen MR) is 100 cm³/mol. The van der Waals surface area contributed by atoms with Crippen molar-refractivity contribution in [2.45, 2.75) is 52.4 Å². The van der Waals surface area contributed by atoms with Crippen LogP contribution in [0.4, 0.5) is 5.69 Å². The molecule has 136 valence electrons. The zero-order chi connectivity index (χ0) is 17.8. The maximum Gasteiger partial charge on any atom is 0.227 e. The molecule has 1 N–H and O–H groups in total. The second kappa shape index (κ2) is 8.03. The summed E-state index contributed by atoms with van der Waals surface area (Å²) in [6.07, 6.45) is 5.68. The van der Waals surface area contributed by atoms with Crippen molar-refractivity contribution >= 4 is 17.5 Å². The smallest absolute Gasteiger partial charge is 0.227 e. The van der Waals surface area contributed by atoms with Crippen molar-refractivity contribution < 1.29 is 9.59 Å². The number of likely N-dealkylation sites (tertiary alicyclic amines) is 1. The summed E-state index contributed by atoms with van der Waals surface area (Å²) in [5.74, 6) is 1.19. The Morgan fingerprint density at radius 1 is 1.00 bits per heavy atom. The molecule has 0 radical (unpaired) electrons. The minimum Gasteiger partial charge on any atom is -0.342 e. The first kappa shape index (κ1) is 18.0. The summed E-state index contributed by atoms with van der Waals surface area (Å²) in [5.41, 5.74) is 2.04. The highest BCUT2D eigenvalue weighted by Gasteiger charge is 2.33. The quantitative estimate of drug-likeness (QED) is 0.902. The molecule has 3 rings (SSSR count). The molecule has 1 saturated heterocycles. The fourth-order valence-electron chi connectivity index (χ4n) is 4.13. The third-order valence-corrected chi connectivity index (χ3v) is 5.74. The first-order valence-corrected chi connectivity index (χ1v) is 9.69. The number of nitrogens with zero attached hydrogens (tertiary/aromatic N) is 1. The van der Waals surface area contributed by atoms with E-state index in [0.717, 1.165) is 50.9 Å². The van der Waals surface area contributed by atoms with Crippen molar-refractivity contribution in [2.75, 3.05) is 18.4 Å². The summed E-state index contributed by atoms with van der Waals surface area (Å²) in [6.45, 7) is 6.09. The number of aryl methyl sites for hydroxylation is 1. The normalized spacial score (nSPS) is 27.0. The van der Waals surface area contributed by atoms with Crippen LogP contribution in [0.1, 0.15) is 51.0 Å². The minimum absolute atomic E-state index is 0.0330. The van der Waals surface area contributed by atoms with Gasteiger partial charge >= 0.3 is 0 Å². The lowest BCUT2D eigenvalue weighted by Gasteiger charge is -2.35. The van der Waals surface area contributed by atoms with Crippen molar-refractivity contribution in [3.05, 3.63) is 29.8 Å². The largest absolute Gasteiger partial charge is 0.342 e. The van der Waals surface area contributed by atoms with Crippen LogP contribution >= 0.6 is 0 Å². The van der Waals surface area contributed by atoms with Crippen LogP contribution in [0.25, 0.3) is 0 Å². The van der Waals surface area contributed by atoms with E-state index in [9.17, 15) is 9.59 Å². The zero-order valence-electron chi connectivity index (χ0n) is 15.5. The molecule has 4 nitrogen and oxygen atoms in total. The van der Waals surface area contributed by atoms with Crippen LogP contribution in [0, 0.1) is 24.7 Å². The molecule has 1 heterocycles. The molecule has 1 aromatic rings. The van der Waals surface area contributed by atoms with Crippen molar-refractivity contribution in [3.63, 3.8) is 0 Å². The third kappa shape index (κ3) is 4.62. The second-order valence-corrected chi connectivity index (χ2v) is 7.94. The average molecular weight is 342 g/mol. The summed E-state index contributed by atoms with van der Waals surface area (Å²) in [4.78, 5) is 27.3. The van der Waals surface area contributed by atoms with Crippen molar-refractivity contribution in [2.24, 2.45) is 17.8 Å². The fraction of sp³-hybridized carbons (Fsp3) is 0.619. The number of piperidine rings is 1. The van der Waals surface area contributed by atoms with Gasteiger partial charge in [0.2, 0.25) is 11.8 Å². The molecule has 2 fully saturated rings. The van der Waals surface area contributed by atoms with Gasteiger partial charge in [-0.3, -0.25) is 9.59 Å². The van der Waals surface area contributed by atoms with Crippen LogP contribution in [-0.4, -0.2) is 29.8 Å². The molecule has 1 aliphatic carbocycles. The van der Waals surface area contributed by atoms with Gasteiger partial charge in [-0.2, -0.15) is 0 Å². The van der Waals surface area contributed by atoms with E-state index in [1.807, 2.05) is 31.2 Å². The van der Waals surface area contributed by atoms with Gasteiger partial charge in [0.15, 0.2) is 0 Å². The molecule has 25 heavy (non-hydrogen) atoms. The van der Waals surface area contributed by atoms with E-state index in [-0.39, 0.29) is 17.7 Å². The Morgan fingerprint density at radius 2 is 1.64 bits per heavy atom. The molecule has 1 atom stereocenters. The maximum absolute atomic E-state index is 12.7. The molecule has 0 bridgehead atoms. The number of carbonyl (C=O) groups excluding carboxylic acids is 2. The van der Waals surface area contributed by atoms with Gasteiger partial charge in [0, 0.05) is 30.6 Å². The van der Waals surface area contributed by atoms with Crippen molar-refractivity contribution in [3.8, 4) is 0 Å². The van der Waals surface area contributed by atoms with E-state index in [0.29, 0.717) is 11.8 Å². The second-order valence-electron chi connectivity index (χ2n) is 7.94. The van der Waals surface area contributed by atoms with Crippen molar-refractivity contribution in [1.82, 2.24) is 4.90 Å². The monoisotopic (exact) mass is 342 g/mol. The predicted octanol–water partition coefficient (Wildman–Crippen LogP) is 4.00. The van der Waals surface area contributed by atoms with Crippen LogP contribution in [0.3, 0.4) is 0 Å². The molecule has 2 aliphatic rings. The minimum atomic E-state index is 0.0330. The highest BCUT2D eigenvalue weighted by molar-refractivity contribution is 5.92. The molecule has 1 unspecified atom stereocenters. The number of benzene rings is 1. The number of nitrogens with one attached hydrogen (secondary N) is 1. The van der Waals surface area contributed by atoms with E-state index in [1.165, 1.54) is 12.0 Å². The summed E-state index contributed by atoms with van der Waals surface area (Å²) in [7, 11) is 0. The lowest BCUT2D eigenvalue weighted by molar-refractivity contribution is -0.139. The molecule has 2 amide bonds. The lowest BCUT2D eigenvalue weighted by Crippen LogP contribution is -2.43. The summed E-state index contributed by atoms with van der Waals surface area (Å²) >= 11 is 0.